The van der Waals surface area contributed by atoms with Crippen molar-refractivity contribution < 1.29 is 0 Å². The monoisotopic (exact) mass is 249 g/mol. The second-order valence-corrected chi connectivity index (χ2v) is 4.94. The Bertz CT molecular complexity index is 725. The summed E-state index contributed by atoms with van der Waals surface area (Å²) >= 11 is 0. The second kappa shape index (κ2) is 4.03. The van der Waals surface area contributed by atoms with E-state index in [1.54, 1.807) is 0 Å². The van der Waals surface area contributed by atoms with Crippen molar-refractivity contribution in [3.8, 4) is 12.3 Å². The van der Waals surface area contributed by atoms with Crippen LogP contribution in [0.15, 0.2) is 30.3 Å². The van der Waals surface area contributed by atoms with Gasteiger partial charge in [0.1, 0.15) is 0 Å². The zero-order chi connectivity index (χ0) is 13.6. The van der Waals surface area contributed by atoms with Crippen molar-refractivity contribution in [1.82, 2.24) is 0 Å². The van der Waals surface area contributed by atoms with E-state index >= 15 is 0 Å². The SMILES string of the molecule is C#Cc1cccc2c3c(ccc12)N(C(=N)N)CC3C. The first-order valence-electron chi connectivity index (χ1n) is 6.27. The summed E-state index contributed by atoms with van der Waals surface area (Å²) in [6, 6.07) is 10.1. The van der Waals surface area contributed by atoms with E-state index in [2.05, 4.69) is 18.9 Å². The van der Waals surface area contributed by atoms with Crippen molar-refractivity contribution in [3.05, 3.63) is 41.5 Å². The molecule has 2 aromatic carbocycles. The molecule has 0 fully saturated rings. The molecule has 0 spiro atoms. The van der Waals surface area contributed by atoms with Crippen molar-refractivity contribution in [2.75, 3.05) is 11.4 Å². The number of benzene rings is 2. The minimum absolute atomic E-state index is 0.0954. The quantitative estimate of drug-likeness (QED) is 0.428. The number of rotatable bonds is 0. The molecule has 94 valence electrons. The molecule has 19 heavy (non-hydrogen) atoms. The Morgan fingerprint density at radius 1 is 1.37 bits per heavy atom. The van der Waals surface area contributed by atoms with E-state index in [1.165, 1.54) is 10.9 Å². The Hall–Kier alpha value is -2.47. The Balaban J connectivity index is 2.34. The van der Waals surface area contributed by atoms with Gasteiger partial charge in [0.25, 0.3) is 0 Å². The van der Waals surface area contributed by atoms with Gasteiger partial charge in [-0.15, -0.1) is 6.42 Å². The standard InChI is InChI=1S/C16H15N3/c1-3-11-5-4-6-13-12(11)7-8-14-15(13)10(2)9-19(14)16(17)18/h1,4-8,10H,9H2,2H3,(H3,17,18). The number of hydrogen-bond acceptors (Lipinski definition) is 1. The molecule has 3 heteroatoms. The lowest BCUT2D eigenvalue weighted by Gasteiger charge is -2.17. The number of hydrogen-bond donors (Lipinski definition) is 2. The maximum Gasteiger partial charge on any atom is 0.192 e. The highest BCUT2D eigenvalue weighted by Gasteiger charge is 2.28. The van der Waals surface area contributed by atoms with Crippen LogP contribution in [0.25, 0.3) is 10.8 Å². The van der Waals surface area contributed by atoms with E-state index in [9.17, 15) is 0 Å². The fourth-order valence-corrected chi connectivity index (χ4v) is 2.94. The predicted octanol–water partition coefficient (Wildman–Crippen LogP) is 2.64. The van der Waals surface area contributed by atoms with Gasteiger partial charge in [0.2, 0.25) is 0 Å². The molecule has 1 aliphatic heterocycles. The third-order valence-corrected chi connectivity index (χ3v) is 3.77. The van der Waals surface area contributed by atoms with Crippen LogP contribution < -0.4 is 10.6 Å². The van der Waals surface area contributed by atoms with Crippen molar-refractivity contribution in [2.24, 2.45) is 5.73 Å². The summed E-state index contributed by atoms with van der Waals surface area (Å²) in [6.45, 7) is 2.91. The van der Waals surface area contributed by atoms with Gasteiger partial charge in [-0.2, -0.15) is 0 Å². The average Bonchev–Trinajstić information content (AvgIpc) is 2.76. The number of guanidine groups is 1. The highest BCUT2D eigenvalue weighted by molar-refractivity contribution is 6.02. The molecule has 0 saturated carbocycles. The third kappa shape index (κ3) is 1.57. The van der Waals surface area contributed by atoms with Crippen molar-refractivity contribution in [2.45, 2.75) is 12.8 Å². The lowest BCUT2D eigenvalue weighted by Crippen LogP contribution is -2.35. The molecule has 1 atom stereocenters. The Labute approximate surface area is 112 Å². The highest BCUT2D eigenvalue weighted by atomic mass is 15.2. The van der Waals surface area contributed by atoms with Gasteiger partial charge in [-0.3, -0.25) is 5.41 Å². The van der Waals surface area contributed by atoms with Gasteiger partial charge < -0.3 is 10.6 Å². The number of nitrogens with zero attached hydrogens (tertiary/aromatic N) is 1. The predicted molar refractivity (Wildman–Crippen MR) is 79.6 cm³/mol. The van der Waals surface area contributed by atoms with Crippen LogP contribution in [0.1, 0.15) is 24.0 Å². The summed E-state index contributed by atoms with van der Waals surface area (Å²) in [5, 5.41) is 9.94. The molecule has 0 radical (unpaired) electrons. The van der Waals surface area contributed by atoms with Crippen molar-refractivity contribution in [3.63, 3.8) is 0 Å². The lowest BCUT2D eigenvalue weighted by atomic mass is 9.94. The smallest absolute Gasteiger partial charge is 0.192 e. The van der Waals surface area contributed by atoms with Crippen LogP contribution in [0, 0.1) is 17.8 Å². The van der Waals surface area contributed by atoms with E-state index in [0.29, 0.717) is 5.92 Å². The lowest BCUT2D eigenvalue weighted by molar-refractivity contribution is 0.822. The van der Waals surface area contributed by atoms with Crippen LogP contribution in [0.4, 0.5) is 5.69 Å². The van der Waals surface area contributed by atoms with E-state index in [0.717, 1.165) is 23.2 Å². The van der Waals surface area contributed by atoms with Crippen LogP contribution in [-0.4, -0.2) is 12.5 Å². The van der Waals surface area contributed by atoms with E-state index in [4.69, 9.17) is 17.6 Å². The second-order valence-electron chi connectivity index (χ2n) is 4.94. The fourth-order valence-electron chi connectivity index (χ4n) is 2.94. The molecular weight excluding hydrogens is 234 g/mol. The number of terminal acetylenes is 1. The molecule has 3 nitrogen and oxygen atoms in total. The number of nitrogens with two attached hydrogens (primary N) is 1. The van der Waals surface area contributed by atoms with E-state index in [-0.39, 0.29) is 5.96 Å². The van der Waals surface area contributed by atoms with Crippen molar-refractivity contribution in [1.29, 1.82) is 5.41 Å². The summed E-state index contributed by atoms with van der Waals surface area (Å²) in [7, 11) is 0. The van der Waals surface area contributed by atoms with E-state index < -0.39 is 0 Å². The largest absolute Gasteiger partial charge is 0.370 e. The van der Waals surface area contributed by atoms with Crippen LogP contribution in [0.3, 0.4) is 0 Å². The summed E-state index contributed by atoms with van der Waals surface area (Å²) < 4.78 is 0. The summed E-state index contributed by atoms with van der Waals surface area (Å²) in [6.07, 6.45) is 5.56. The van der Waals surface area contributed by atoms with Crippen LogP contribution >= 0.6 is 0 Å². The van der Waals surface area contributed by atoms with Gasteiger partial charge in [-0.05, 0) is 28.5 Å². The average molecular weight is 249 g/mol. The molecule has 3 rings (SSSR count). The Morgan fingerprint density at radius 3 is 2.84 bits per heavy atom. The molecule has 1 heterocycles. The minimum Gasteiger partial charge on any atom is -0.370 e. The fraction of sp³-hybridized carbons (Fsp3) is 0.188. The molecule has 0 aromatic heterocycles. The van der Waals surface area contributed by atoms with Crippen LogP contribution in [-0.2, 0) is 0 Å². The molecule has 2 aromatic rings. The van der Waals surface area contributed by atoms with E-state index in [1.807, 2.05) is 29.2 Å². The normalized spacial score (nSPS) is 17.3. The third-order valence-electron chi connectivity index (χ3n) is 3.77. The first-order valence-corrected chi connectivity index (χ1v) is 6.27. The molecule has 0 amide bonds. The molecule has 0 saturated heterocycles. The maximum absolute atomic E-state index is 7.67. The molecule has 1 unspecified atom stereocenters. The maximum atomic E-state index is 7.67. The topological polar surface area (TPSA) is 53.1 Å². The Morgan fingerprint density at radius 2 is 2.16 bits per heavy atom. The van der Waals surface area contributed by atoms with Gasteiger partial charge in [-0.1, -0.05) is 31.0 Å². The van der Waals surface area contributed by atoms with Crippen molar-refractivity contribution >= 4 is 22.4 Å². The first kappa shape index (κ1) is 11.6. The summed E-state index contributed by atoms with van der Waals surface area (Å²) in [5.41, 5.74) is 8.83. The molecule has 1 aliphatic rings. The highest BCUT2D eigenvalue weighted by Crippen LogP contribution is 2.41. The van der Waals surface area contributed by atoms with Gasteiger partial charge in [0, 0.05) is 23.7 Å². The van der Waals surface area contributed by atoms with Gasteiger partial charge in [0.05, 0.1) is 0 Å². The van der Waals surface area contributed by atoms with Gasteiger partial charge in [-0.25, -0.2) is 0 Å². The zero-order valence-corrected chi connectivity index (χ0v) is 10.8. The molecule has 3 N–H and O–H groups in total. The molecular formula is C16H15N3. The van der Waals surface area contributed by atoms with Gasteiger partial charge in [0.15, 0.2) is 5.96 Å². The number of nitrogens with one attached hydrogen (secondary N) is 1. The number of anilines is 1. The van der Waals surface area contributed by atoms with Crippen LogP contribution in [0.5, 0.6) is 0 Å². The first-order chi connectivity index (χ1) is 9.13. The van der Waals surface area contributed by atoms with Gasteiger partial charge >= 0.3 is 0 Å². The molecule has 0 aliphatic carbocycles. The summed E-state index contributed by atoms with van der Waals surface area (Å²) in [5.74, 6) is 3.17. The molecule has 0 bridgehead atoms. The van der Waals surface area contributed by atoms with Crippen LogP contribution in [0.2, 0.25) is 0 Å². The Kier molecular flexibility index (Phi) is 2.46. The number of fused-ring (bicyclic) bond motifs is 3. The minimum atomic E-state index is 0.0954. The summed E-state index contributed by atoms with van der Waals surface area (Å²) in [4.78, 5) is 1.85. The zero-order valence-electron chi connectivity index (χ0n) is 10.8.